The van der Waals surface area contributed by atoms with Gasteiger partial charge in [0.15, 0.2) is 0 Å². The van der Waals surface area contributed by atoms with Crippen molar-refractivity contribution in [2.75, 3.05) is 5.32 Å². The van der Waals surface area contributed by atoms with E-state index in [1.807, 2.05) is 24.3 Å². The Kier molecular flexibility index (Phi) is 3.51. The molecule has 0 saturated carbocycles. The van der Waals surface area contributed by atoms with Crippen LogP contribution in [0.5, 0.6) is 0 Å². The largest absolute Gasteiger partial charge is 0.322 e. The van der Waals surface area contributed by atoms with Crippen LogP contribution in [0.4, 0.5) is 5.69 Å². The summed E-state index contributed by atoms with van der Waals surface area (Å²) in [7, 11) is 0. The lowest BCUT2D eigenvalue weighted by Gasteiger charge is -2.04. The topological polar surface area (TPSA) is 42.0 Å². The summed E-state index contributed by atoms with van der Waals surface area (Å²) in [6.07, 6.45) is 3.18. The number of carbonyl (C=O) groups excluding carboxylic acids is 1. The summed E-state index contributed by atoms with van der Waals surface area (Å²) in [5, 5.41) is 2.80. The molecule has 1 aromatic carbocycles. The van der Waals surface area contributed by atoms with E-state index in [1.165, 1.54) is 0 Å². The first-order valence-electron chi connectivity index (χ1n) is 4.72. The van der Waals surface area contributed by atoms with E-state index < -0.39 is 0 Å². The van der Waals surface area contributed by atoms with Crippen LogP contribution in [0, 0.1) is 3.57 Å². The second kappa shape index (κ2) is 5.07. The third-order valence-corrected chi connectivity index (χ3v) is 2.74. The molecule has 3 nitrogen and oxygen atoms in total. The lowest BCUT2D eigenvalue weighted by atomic mass is 10.2. The smallest absolute Gasteiger partial charge is 0.257 e. The minimum absolute atomic E-state index is 0.144. The molecule has 0 atom stereocenters. The highest BCUT2D eigenvalue weighted by Gasteiger charge is 2.04. The van der Waals surface area contributed by atoms with E-state index in [1.54, 1.807) is 24.5 Å². The first kappa shape index (κ1) is 11.1. The average Bonchev–Trinajstić information content (AvgIpc) is 2.33. The number of aromatic nitrogens is 1. The Labute approximate surface area is 107 Å². The number of hydrogen-bond donors (Lipinski definition) is 1. The molecule has 0 unspecified atom stereocenters. The second-order valence-corrected chi connectivity index (χ2v) is 4.45. The van der Waals surface area contributed by atoms with Crippen LogP contribution < -0.4 is 5.32 Å². The van der Waals surface area contributed by atoms with Crippen molar-refractivity contribution in [3.63, 3.8) is 0 Å². The minimum atomic E-state index is -0.144. The van der Waals surface area contributed by atoms with Crippen molar-refractivity contribution in [3.05, 3.63) is 57.9 Å². The van der Waals surface area contributed by atoms with Crippen LogP contribution in [0.3, 0.4) is 0 Å². The van der Waals surface area contributed by atoms with Crippen LogP contribution >= 0.6 is 22.6 Å². The lowest BCUT2D eigenvalue weighted by Crippen LogP contribution is -2.11. The Morgan fingerprint density at radius 1 is 1.19 bits per heavy atom. The molecule has 4 heteroatoms. The number of pyridine rings is 1. The zero-order valence-corrected chi connectivity index (χ0v) is 10.5. The number of nitrogens with one attached hydrogen (secondary N) is 1. The molecule has 0 radical (unpaired) electrons. The molecular weight excluding hydrogens is 315 g/mol. The van der Waals surface area contributed by atoms with Gasteiger partial charge in [0, 0.05) is 21.7 Å². The molecule has 2 rings (SSSR count). The molecular formula is C12H9IN2O. The molecule has 0 aliphatic heterocycles. The molecule has 0 aliphatic rings. The summed E-state index contributed by atoms with van der Waals surface area (Å²) in [6, 6.07) is 11.1. The number of carbonyl (C=O) groups is 1. The quantitative estimate of drug-likeness (QED) is 0.863. The third-order valence-electron chi connectivity index (χ3n) is 2.03. The third kappa shape index (κ3) is 2.79. The van der Waals surface area contributed by atoms with E-state index in [0.717, 1.165) is 9.26 Å². The van der Waals surface area contributed by atoms with E-state index in [0.29, 0.717) is 5.56 Å². The number of hydrogen-bond acceptors (Lipinski definition) is 2. The highest BCUT2D eigenvalue weighted by Crippen LogP contribution is 2.12. The van der Waals surface area contributed by atoms with E-state index >= 15 is 0 Å². The Bertz CT molecular complexity index is 482. The number of rotatable bonds is 2. The Morgan fingerprint density at radius 3 is 2.56 bits per heavy atom. The highest BCUT2D eigenvalue weighted by atomic mass is 127. The van der Waals surface area contributed by atoms with Crippen molar-refractivity contribution < 1.29 is 4.79 Å². The van der Waals surface area contributed by atoms with Gasteiger partial charge in [-0.1, -0.05) is 0 Å². The monoisotopic (exact) mass is 324 g/mol. The van der Waals surface area contributed by atoms with E-state index in [9.17, 15) is 4.79 Å². The number of benzene rings is 1. The molecule has 16 heavy (non-hydrogen) atoms. The van der Waals surface area contributed by atoms with E-state index in [4.69, 9.17) is 0 Å². The molecule has 1 heterocycles. The van der Waals surface area contributed by atoms with Gasteiger partial charge in [-0.25, -0.2) is 0 Å². The fourth-order valence-corrected chi connectivity index (χ4v) is 1.59. The van der Waals surface area contributed by atoms with Crippen molar-refractivity contribution in [2.45, 2.75) is 0 Å². The van der Waals surface area contributed by atoms with Gasteiger partial charge in [0.1, 0.15) is 0 Å². The first-order chi connectivity index (χ1) is 7.75. The predicted molar refractivity (Wildman–Crippen MR) is 71.3 cm³/mol. The van der Waals surface area contributed by atoms with Gasteiger partial charge in [-0.2, -0.15) is 0 Å². The molecule has 0 fully saturated rings. The fraction of sp³-hybridized carbons (Fsp3) is 0. The van der Waals surface area contributed by atoms with Crippen LogP contribution in [0.15, 0.2) is 48.8 Å². The van der Waals surface area contributed by atoms with Crippen LogP contribution in [0.1, 0.15) is 10.4 Å². The molecule has 0 spiro atoms. The van der Waals surface area contributed by atoms with Crippen molar-refractivity contribution in [2.24, 2.45) is 0 Å². The number of halogens is 1. The predicted octanol–water partition coefficient (Wildman–Crippen LogP) is 2.94. The summed E-state index contributed by atoms with van der Waals surface area (Å²) in [6.45, 7) is 0. The summed E-state index contributed by atoms with van der Waals surface area (Å²) >= 11 is 2.22. The SMILES string of the molecule is O=C(Nc1ccc(I)cc1)c1cccnc1. The van der Waals surface area contributed by atoms with Gasteiger partial charge in [0.25, 0.3) is 5.91 Å². The summed E-state index contributed by atoms with van der Waals surface area (Å²) in [5.41, 5.74) is 1.34. The van der Waals surface area contributed by atoms with Crippen LogP contribution in [-0.2, 0) is 0 Å². The fourth-order valence-electron chi connectivity index (χ4n) is 1.23. The van der Waals surface area contributed by atoms with Gasteiger partial charge in [0.2, 0.25) is 0 Å². The number of amides is 1. The van der Waals surface area contributed by atoms with E-state index in [2.05, 4.69) is 32.9 Å². The van der Waals surface area contributed by atoms with Crippen LogP contribution in [0.2, 0.25) is 0 Å². The van der Waals surface area contributed by atoms with Crippen LogP contribution in [0.25, 0.3) is 0 Å². The summed E-state index contributed by atoms with van der Waals surface area (Å²) in [5.74, 6) is -0.144. The average molecular weight is 324 g/mol. The van der Waals surface area contributed by atoms with Crippen molar-refractivity contribution >= 4 is 34.2 Å². The lowest BCUT2D eigenvalue weighted by molar-refractivity contribution is 0.102. The normalized spacial score (nSPS) is 9.81. The maximum absolute atomic E-state index is 11.7. The van der Waals surface area contributed by atoms with E-state index in [-0.39, 0.29) is 5.91 Å². The number of nitrogens with zero attached hydrogens (tertiary/aromatic N) is 1. The van der Waals surface area contributed by atoms with Crippen molar-refractivity contribution in [1.82, 2.24) is 4.98 Å². The molecule has 2 aromatic rings. The Hall–Kier alpha value is -1.43. The van der Waals surface area contributed by atoms with Gasteiger partial charge < -0.3 is 5.32 Å². The molecule has 1 N–H and O–H groups in total. The molecule has 0 saturated heterocycles. The maximum Gasteiger partial charge on any atom is 0.257 e. The molecule has 1 amide bonds. The van der Waals surface area contributed by atoms with Gasteiger partial charge in [-0.05, 0) is 59.0 Å². The molecule has 0 aliphatic carbocycles. The molecule has 1 aromatic heterocycles. The zero-order chi connectivity index (χ0) is 11.4. The number of anilines is 1. The van der Waals surface area contributed by atoms with Crippen molar-refractivity contribution in [3.8, 4) is 0 Å². The van der Waals surface area contributed by atoms with Gasteiger partial charge in [0.05, 0.1) is 5.56 Å². The zero-order valence-electron chi connectivity index (χ0n) is 8.35. The maximum atomic E-state index is 11.7. The standard InChI is InChI=1S/C12H9IN2O/c13-10-3-5-11(6-4-10)15-12(16)9-2-1-7-14-8-9/h1-8H,(H,15,16). The van der Waals surface area contributed by atoms with Gasteiger partial charge >= 0.3 is 0 Å². The Balaban J connectivity index is 2.11. The minimum Gasteiger partial charge on any atom is -0.322 e. The first-order valence-corrected chi connectivity index (χ1v) is 5.80. The summed E-state index contributed by atoms with van der Waals surface area (Å²) < 4.78 is 1.14. The van der Waals surface area contributed by atoms with Crippen LogP contribution in [-0.4, -0.2) is 10.9 Å². The Morgan fingerprint density at radius 2 is 1.94 bits per heavy atom. The van der Waals surface area contributed by atoms with Crippen molar-refractivity contribution in [1.29, 1.82) is 0 Å². The molecule has 0 bridgehead atoms. The summed E-state index contributed by atoms with van der Waals surface area (Å²) in [4.78, 5) is 15.6. The second-order valence-electron chi connectivity index (χ2n) is 3.20. The molecule has 80 valence electrons. The highest BCUT2D eigenvalue weighted by molar-refractivity contribution is 14.1. The van der Waals surface area contributed by atoms with Gasteiger partial charge in [-0.15, -0.1) is 0 Å². The van der Waals surface area contributed by atoms with Gasteiger partial charge in [-0.3, -0.25) is 9.78 Å².